The number of alkyl halides is 3. The molecule has 4 fully saturated rings. The first-order valence-corrected chi connectivity index (χ1v) is 54.3. The van der Waals surface area contributed by atoms with E-state index >= 15 is 0 Å². The van der Waals surface area contributed by atoms with Crippen LogP contribution in [-0.2, 0) is 10.1 Å². The van der Waals surface area contributed by atoms with E-state index in [4.69, 9.17) is 62.2 Å². The molecule has 0 atom stereocenters. The Morgan fingerprint density at radius 1 is 0.309 bits per heavy atom. The van der Waals surface area contributed by atoms with Crippen molar-refractivity contribution in [1.82, 2.24) is 19.6 Å². The van der Waals surface area contributed by atoms with Gasteiger partial charge in [0.05, 0.1) is 21.3 Å². The molecule has 8 heterocycles. The second-order valence-corrected chi connectivity index (χ2v) is 42.9. The molecule has 4 aliphatic heterocycles. The number of methoxy groups -OCH3 is 3. The van der Waals surface area contributed by atoms with Gasteiger partial charge in [0.15, 0.2) is 11.5 Å². The molecular formula is C116H127BCl3F3N4O17S5. The summed E-state index contributed by atoms with van der Waals surface area (Å²) in [5, 5.41) is 34.2. The highest BCUT2D eigenvalue weighted by Gasteiger charge is 2.49. The largest absolute Gasteiger partial charge is 0.534 e. The number of rotatable bonds is 33. The van der Waals surface area contributed by atoms with Crippen LogP contribution in [0, 0.1) is 27.7 Å². The Morgan fingerprint density at radius 3 is 0.839 bits per heavy atom. The van der Waals surface area contributed by atoms with E-state index in [0.29, 0.717) is 53.5 Å². The highest BCUT2D eigenvalue weighted by atomic mass is 35.5. The zero-order valence-electron chi connectivity index (χ0n) is 84.5. The third-order valence-electron chi connectivity index (χ3n) is 25.6. The van der Waals surface area contributed by atoms with E-state index in [9.17, 15) is 26.7 Å². The summed E-state index contributed by atoms with van der Waals surface area (Å²) < 4.78 is 132. The smallest absolute Gasteiger partial charge is 0.508 e. The van der Waals surface area contributed by atoms with Crippen LogP contribution in [0.4, 0.5) is 13.2 Å². The number of nitrogens with zero attached hydrogens (tertiary/aromatic N) is 4. The van der Waals surface area contributed by atoms with Crippen LogP contribution in [0.5, 0.6) is 97.7 Å². The number of hydrogen-bond acceptors (Lipinski definition) is 25. The average molecular weight is 2180 g/mol. The summed E-state index contributed by atoms with van der Waals surface area (Å²) in [6, 6.07) is 84.3. The van der Waals surface area contributed by atoms with Gasteiger partial charge in [0, 0.05) is 103 Å². The van der Waals surface area contributed by atoms with Gasteiger partial charge < -0.3 is 71.4 Å². The van der Waals surface area contributed by atoms with E-state index in [1.165, 1.54) is 165 Å². The van der Waals surface area contributed by atoms with Crippen molar-refractivity contribution < 1.29 is 93.0 Å². The summed E-state index contributed by atoms with van der Waals surface area (Å²) in [6.45, 7) is 24.0. The quantitative estimate of drug-likeness (QED) is 0.0198. The molecule has 0 aliphatic carbocycles. The molecule has 788 valence electrons. The van der Waals surface area contributed by atoms with Gasteiger partial charge in [-0.1, -0.05) is 56.0 Å². The summed E-state index contributed by atoms with van der Waals surface area (Å²) in [5.74, 6) is 10.0. The summed E-state index contributed by atoms with van der Waals surface area (Å²) in [7, 11) is -2.35. The number of aryl methyl sites for hydroxylation is 4. The minimum atomic E-state index is -5.90. The number of benzene rings is 12. The molecule has 4 saturated heterocycles. The van der Waals surface area contributed by atoms with Gasteiger partial charge in [-0.3, -0.25) is 19.6 Å². The molecule has 20 rings (SSSR count). The van der Waals surface area contributed by atoms with Gasteiger partial charge in [-0.15, -0.1) is 82.6 Å². The van der Waals surface area contributed by atoms with Crippen LogP contribution in [0.15, 0.2) is 267 Å². The normalized spacial score (nSPS) is 13.9. The van der Waals surface area contributed by atoms with E-state index in [1.54, 1.807) is 109 Å². The molecular weight excluding hydrogens is 2060 g/mol. The van der Waals surface area contributed by atoms with Crippen LogP contribution in [0.25, 0.3) is 74.4 Å². The van der Waals surface area contributed by atoms with Gasteiger partial charge >= 0.3 is 22.7 Å². The molecule has 3 N–H and O–H groups in total. The Balaban J connectivity index is 0.000000160. The number of phenols is 1. The van der Waals surface area contributed by atoms with Crippen molar-refractivity contribution in [1.29, 1.82) is 0 Å². The lowest BCUT2D eigenvalue weighted by Crippen LogP contribution is -2.33. The molecule has 4 aliphatic rings. The van der Waals surface area contributed by atoms with Crippen molar-refractivity contribution in [3.05, 3.63) is 286 Å². The maximum absolute atomic E-state index is 13.0. The van der Waals surface area contributed by atoms with Crippen LogP contribution in [-0.4, -0.2) is 182 Å². The number of piperidine rings is 4. The third kappa shape index (κ3) is 32.2. The van der Waals surface area contributed by atoms with Crippen LogP contribution in [0.2, 0.25) is 0 Å². The molecule has 149 heavy (non-hydrogen) atoms. The van der Waals surface area contributed by atoms with E-state index < -0.39 is 28.5 Å². The van der Waals surface area contributed by atoms with Gasteiger partial charge in [0.1, 0.15) is 113 Å². The van der Waals surface area contributed by atoms with Gasteiger partial charge in [-0.05, 0) is 390 Å². The monoisotopic (exact) mass is 2180 g/mol. The fourth-order valence-electron chi connectivity index (χ4n) is 17.9. The maximum atomic E-state index is 13.0. The molecule has 16 aromatic rings. The minimum absolute atomic E-state index is 0. The van der Waals surface area contributed by atoms with Crippen molar-refractivity contribution in [3.8, 4) is 129 Å². The Morgan fingerprint density at radius 2 is 0.570 bits per heavy atom. The molecule has 33 heteroatoms. The van der Waals surface area contributed by atoms with Gasteiger partial charge in [0.25, 0.3) is 0 Å². The molecule has 4 aromatic heterocycles. The van der Waals surface area contributed by atoms with Gasteiger partial charge in [-0.2, -0.15) is 21.6 Å². The zero-order valence-corrected chi connectivity index (χ0v) is 91.1. The van der Waals surface area contributed by atoms with E-state index in [0.717, 1.165) is 167 Å². The summed E-state index contributed by atoms with van der Waals surface area (Å²) in [4.78, 5) is 18.3. The van der Waals surface area contributed by atoms with Crippen molar-refractivity contribution in [2.75, 3.05) is 126 Å². The number of thiophene rings is 4. The number of likely N-dealkylation sites (tertiary alicyclic amines) is 4. The Bertz CT molecular complexity index is 6870. The van der Waals surface area contributed by atoms with Crippen LogP contribution < -0.4 is 61.1 Å². The SMILES string of the molecule is COc1ccc2c(Oc3ccc(OCCN4CCCCC4)cc3)c(-c3ccc(C)s3)ccc2c1.COc1ccc2c(Oc3ccc(OCCN4CCCCC4)cc3)c(-c3ccc(C)s3)ccc2c1.COc1ccc2c(Oc3ccc(OCCN4CCCCC4)cc3)c(OS(=O)(=O)C(F)(F)F)ccc2c1.Cc1ccc(-c2ccc3cc(O)ccc3c2Oc2ccc(OCCN3CCCCC3)cc2)s1.Cc1ccc(B(O)O)s1.Cl.Cl.Cl. The lowest BCUT2D eigenvalue weighted by molar-refractivity contribution is -0.0500. The molecule has 12 aromatic carbocycles. The highest BCUT2D eigenvalue weighted by Crippen LogP contribution is 2.49. The van der Waals surface area contributed by atoms with Crippen molar-refractivity contribution in [2.45, 2.75) is 110 Å². The molecule has 21 nitrogen and oxygen atoms in total. The lowest BCUT2D eigenvalue weighted by atomic mass is 9.90. The summed E-state index contributed by atoms with van der Waals surface area (Å²) in [6.07, 6.45) is 15.5. The van der Waals surface area contributed by atoms with Crippen LogP contribution >= 0.6 is 82.6 Å². The topological polar surface area (TPSA) is 219 Å². The predicted octanol–water partition coefficient (Wildman–Crippen LogP) is 29.1. The number of hydrogen-bond donors (Lipinski definition) is 3. The summed E-state index contributed by atoms with van der Waals surface area (Å²) in [5.41, 5.74) is -2.35. The Hall–Kier alpha value is -11.7. The van der Waals surface area contributed by atoms with Crippen LogP contribution in [0.3, 0.4) is 0 Å². The van der Waals surface area contributed by atoms with Crippen molar-refractivity contribution in [2.24, 2.45) is 0 Å². The number of ether oxygens (including phenoxy) is 11. The molecule has 0 unspecified atom stereocenters. The standard InChI is InChI=1S/2C29H31NO3S.C28H29NO3S.C25H26F3NO6S.C5H7BO2S.3ClH/c2*1-21-6-15-28(34-21)27-13-7-22-20-25(31-2)12-14-26(22)29(27)33-24-10-8-23(9-11-24)32-19-18-30-16-4-3-5-17-30;1-20-5-14-27(33-20)26-12-6-21-19-22(30)7-13-25(21)28(26)32-24-10-8-23(9-11-24)31-18-17-29-15-3-2-4-16-29;1-32-21-10-11-22-18(17-21)5-12-23(35-36(30,31)25(26,27)28)24(22)34-20-8-6-19(7-9-20)33-16-15-29-13-3-2-4-14-29;1-4-2-3-5(9-4)6(7)8;;;/h2*6-15,20H,3-5,16-19H2,1-2H3;5-14,19,30H,2-4,15-18H2,1H3;5-12,17H,2-4,13-16H2,1H3;2-3,7-8H,1H3;3*1H. The van der Waals surface area contributed by atoms with Crippen LogP contribution in [0.1, 0.15) is 96.6 Å². The van der Waals surface area contributed by atoms with E-state index in [2.05, 4.69) is 123 Å². The second-order valence-electron chi connectivity index (χ2n) is 36.2. The fourth-order valence-corrected chi connectivity index (χ4v) is 21.7. The van der Waals surface area contributed by atoms with E-state index in [-0.39, 0.29) is 54.5 Å². The lowest BCUT2D eigenvalue weighted by Gasteiger charge is -2.26. The predicted molar refractivity (Wildman–Crippen MR) is 607 cm³/mol. The molecule has 0 spiro atoms. The first kappa shape index (κ1) is 114. The number of fused-ring (bicyclic) bond motifs is 4. The fraction of sp³-hybridized carbons (Fsp3) is 0.310. The highest BCUT2D eigenvalue weighted by molar-refractivity contribution is 7.88. The first-order chi connectivity index (χ1) is 70.9. The number of aromatic hydroxyl groups is 1. The molecule has 0 amide bonds. The number of halogens is 6. The number of phenolic OH excluding ortho intramolecular Hbond substituents is 1. The second kappa shape index (κ2) is 55.9. The summed E-state index contributed by atoms with van der Waals surface area (Å²) >= 11 is 6.70. The van der Waals surface area contributed by atoms with Gasteiger partial charge in [-0.25, -0.2) is 0 Å². The zero-order chi connectivity index (χ0) is 102. The molecule has 0 saturated carbocycles. The first-order valence-electron chi connectivity index (χ1n) is 49.6. The molecule has 0 radical (unpaired) electrons. The third-order valence-corrected chi connectivity index (χ3v) is 30.7. The minimum Gasteiger partial charge on any atom is -0.508 e. The Kier molecular flexibility index (Phi) is 42.9. The molecule has 0 bridgehead atoms. The maximum Gasteiger partial charge on any atom is 0.534 e. The Labute approximate surface area is 905 Å². The van der Waals surface area contributed by atoms with Crippen molar-refractivity contribution in [3.63, 3.8) is 0 Å². The van der Waals surface area contributed by atoms with Crippen molar-refractivity contribution >= 4 is 148 Å². The average Bonchev–Trinajstić information content (AvgIpc) is 1.77. The van der Waals surface area contributed by atoms with E-state index in [1.807, 2.05) is 122 Å². The van der Waals surface area contributed by atoms with Gasteiger partial charge in [0.2, 0.25) is 0 Å².